The van der Waals surface area contributed by atoms with Gasteiger partial charge in [-0.1, -0.05) is 47.7 Å². The molecular weight excluding hydrogens is 357 g/mol. The van der Waals surface area contributed by atoms with Crippen LogP contribution < -0.4 is 0 Å². The van der Waals surface area contributed by atoms with Gasteiger partial charge in [-0.25, -0.2) is 0 Å². The molecule has 1 heterocycles. The van der Waals surface area contributed by atoms with E-state index in [1.165, 1.54) is 51.6 Å². The number of benzene rings is 1. The molecule has 110 valence electrons. The van der Waals surface area contributed by atoms with E-state index in [2.05, 4.69) is 59.7 Å². The Balaban J connectivity index is 1.83. The summed E-state index contributed by atoms with van der Waals surface area (Å²) in [5.74, 6) is 0.882. The SMILES string of the molecule is CCc1cccc(CC2(I)CCN(C)CC2)c1C1CC1. The third-order valence-corrected chi connectivity index (χ3v) is 6.50. The van der Waals surface area contributed by atoms with Crippen molar-refractivity contribution >= 4 is 22.6 Å². The van der Waals surface area contributed by atoms with Gasteiger partial charge >= 0.3 is 0 Å². The molecule has 2 aliphatic rings. The van der Waals surface area contributed by atoms with Crippen molar-refractivity contribution in [3.05, 3.63) is 34.9 Å². The second kappa shape index (κ2) is 5.96. The normalized spacial score (nSPS) is 22.9. The molecule has 1 saturated heterocycles. The maximum Gasteiger partial charge on any atom is 0.0287 e. The molecule has 0 unspecified atom stereocenters. The summed E-state index contributed by atoms with van der Waals surface area (Å²) in [7, 11) is 2.25. The number of piperidine rings is 1. The maximum absolute atomic E-state index is 2.76. The van der Waals surface area contributed by atoms with Crippen LogP contribution in [0.1, 0.15) is 55.2 Å². The van der Waals surface area contributed by atoms with E-state index in [0.29, 0.717) is 3.42 Å². The Kier molecular flexibility index (Phi) is 4.42. The topological polar surface area (TPSA) is 3.24 Å². The smallest absolute Gasteiger partial charge is 0.0287 e. The number of hydrogen-bond donors (Lipinski definition) is 0. The maximum atomic E-state index is 2.76. The summed E-state index contributed by atoms with van der Waals surface area (Å²) in [5, 5.41) is 0. The van der Waals surface area contributed by atoms with Gasteiger partial charge < -0.3 is 4.90 Å². The molecule has 1 aliphatic heterocycles. The van der Waals surface area contributed by atoms with Gasteiger partial charge in [0.2, 0.25) is 0 Å². The second-order valence-electron chi connectivity index (χ2n) is 6.75. The van der Waals surface area contributed by atoms with E-state index < -0.39 is 0 Å². The Hall–Kier alpha value is -0.0900. The summed E-state index contributed by atoms with van der Waals surface area (Å²) in [4.78, 5) is 2.47. The molecule has 20 heavy (non-hydrogen) atoms. The van der Waals surface area contributed by atoms with Gasteiger partial charge in [-0.05, 0) is 81.3 Å². The third-order valence-electron chi connectivity index (χ3n) is 5.04. The average Bonchev–Trinajstić information content (AvgIpc) is 3.26. The van der Waals surface area contributed by atoms with Gasteiger partial charge in [0.15, 0.2) is 0 Å². The highest BCUT2D eigenvalue weighted by molar-refractivity contribution is 14.1. The molecule has 3 rings (SSSR count). The number of likely N-dealkylation sites (tertiary alicyclic amines) is 1. The van der Waals surface area contributed by atoms with Crippen LogP contribution >= 0.6 is 22.6 Å². The minimum atomic E-state index is 0.486. The van der Waals surface area contributed by atoms with Crippen LogP contribution in [-0.4, -0.2) is 28.5 Å². The van der Waals surface area contributed by atoms with E-state index in [1.807, 2.05) is 0 Å². The highest BCUT2D eigenvalue weighted by atomic mass is 127. The van der Waals surface area contributed by atoms with Gasteiger partial charge in [0.1, 0.15) is 0 Å². The van der Waals surface area contributed by atoms with Crippen LogP contribution in [-0.2, 0) is 12.8 Å². The zero-order valence-electron chi connectivity index (χ0n) is 12.8. The lowest BCUT2D eigenvalue weighted by Crippen LogP contribution is -2.40. The van der Waals surface area contributed by atoms with Crippen LogP contribution in [0.15, 0.2) is 18.2 Å². The molecule has 0 bridgehead atoms. The minimum Gasteiger partial charge on any atom is -0.306 e. The monoisotopic (exact) mass is 383 g/mol. The lowest BCUT2D eigenvalue weighted by atomic mass is 9.85. The first-order valence-electron chi connectivity index (χ1n) is 8.09. The highest BCUT2D eigenvalue weighted by Crippen LogP contribution is 2.45. The summed E-state index contributed by atoms with van der Waals surface area (Å²) < 4.78 is 0.486. The molecule has 1 aromatic carbocycles. The van der Waals surface area contributed by atoms with Crippen molar-refractivity contribution in [1.29, 1.82) is 0 Å². The van der Waals surface area contributed by atoms with Crippen molar-refractivity contribution in [2.24, 2.45) is 0 Å². The Morgan fingerprint density at radius 1 is 1.20 bits per heavy atom. The lowest BCUT2D eigenvalue weighted by molar-refractivity contribution is 0.246. The fourth-order valence-corrected chi connectivity index (χ4v) is 4.46. The zero-order chi connectivity index (χ0) is 14.2. The average molecular weight is 383 g/mol. The van der Waals surface area contributed by atoms with E-state index in [9.17, 15) is 0 Å². The van der Waals surface area contributed by atoms with Gasteiger partial charge in [-0.15, -0.1) is 0 Å². The largest absolute Gasteiger partial charge is 0.306 e. The van der Waals surface area contributed by atoms with Crippen LogP contribution in [0.4, 0.5) is 0 Å². The van der Waals surface area contributed by atoms with E-state index in [1.54, 1.807) is 16.7 Å². The van der Waals surface area contributed by atoms with Crippen molar-refractivity contribution < 1.29 is 0 Å². The first-order valence-corrected chi connectivity index (χ1v) is 9.17. The molecule has 1 nitrogen and oxygen atoms in total. The van der Waals surface area contributed by atoms with Crippen molar-refractivity contribution in [2.45, 2.75) is 54.8 Å². The molecule has 0 spiro atoms. The van der Waals surface area contributed by atoms with Gasteiger partial charge in [0.05, 0.1) is 0 Å². The highest BCUT2D eigenvalue weighted by Gasteiger charge is 2.34. The molecule has 1 aromatic rings. The fourth-order valence-electron chi connectivity index (χ4n) is 3.56. The molecule has 1 aliphatic carbocycles. The Morgan fingerprint density at radius 3 is 2.45 bits per heavy atom. The van der Waals surface area contributed by atoms with Crippen LogP contribution in [0.5, 0.6) is 0 Å². The van der Waals surface area contributed by atoms with Crippen LogP contribution in [0.2, 0.25) is 0 Å². The summed E-state index contributed by atoms with van der Waals surface area (Å²) in [5.41, 5.74) is 4.99. The van der Waals surface area contributed by atoms with Crippen molar-refractivity contribution in [3.63, 3.8) is 0 Å². The summed E-state index contributed by atoms with van der Waals surface area (Å²) in [6, 6.07) is 7.05. The number of hydrogen-bond acceptors (Lipinski definition) is 1. The molecule has 2 fully saturated rings. The molecule has 0 aromatic heterocycles. The van der Waals surface area contributed by atoms with E-state index in [-0.39, 0.29) is 0 Å². The van der Waals surface area contributed by atoms with Crippen LogP contribution in [0, 0.1) is 0 Å². The van der Waals surface area contributed by atoms with Crippen LogP contribution in [0.25, 0.3) is 0 Å². The third kappa shape index (κ3) is 3.22. The first kappa shape index (κ1) is 14.8. The standard InChI is InChI=1S/C18H26IN/c1-3-14-5-4-6-16(17(14)15-7-8-15)13-18(19)9-11-20(2)12-10-18/h4-6,15H,3,7-13H2,1-2H3. The van der Waals surface area contributed by atoms with Gasteiger partial charge in [0, 0.05) is 3.42 Å². The number of halogens is 1. The van der Waals surface area contributed by atoms with Crippen LogP contribution in [0.3, 0.4) is 0 Å². The second-order valence-corrected chi connectivity index (χ2v) is 9.04. The van der Waals surface area contributed by atoms with Gasteiger partial charge in [-0.3, -0.25) is 0 Å². The number of nitrogens with zero attached hydrogens (tertiary/aromatic N) is 1. The number of alkyl halides is 1. The molecular formula is C18H26IN. The summed E-state index contributed by atoms with van der Waals surface area (Å²) >= 11 is 2.76. The van der Waals surface area contributed by atoms with Gasteiger partial charge in [-0.2, -0.15) is 0 Å². The summed E-state index contributed by atoms with van der Waals surface area (Å²) in [6.07, 6.45) is 7.98. The van der Waals surface area contributed by atoms with Gasteiger partial charge in [0.25, 0.3) is 0 Å². The van der Waals surface area contributed by atoms with E-state index in [4.69, 9.17) is 0 Å². The predicted molar refractivity (Wildman–Crippen MR) is 95.0 cm³/mol. The Labute approximate surface area is 137 Å². The number of rotatable bonds is 4. The molecule has 0 N–H and O–H groups in total. The fraction of sp³-hybridized carbons (Fsp3) is 0.667. The predicted octanol–water partition coefficient (Wildman–Crippen LogP) is 4.57. The molecule has 2 heteroatoms. The molecule has 0 radical (unpaired) electrons. The van der Waals surface area contributed by atoms with Crippen molar-refractivity contribution in [2.75, 3.05) is 20.1 Å². The van der Waals surface area contributed by atoms with E-state index >= 15 is 0 Å². The van der Waals surface area contributed by atoms with Crippen molar-refractivity contribution in [1.82, 2.24) is 4.90 Å². The van der Waals surface area contributed by atoms with E-state index in [0.717, 1.165) is 5.92 Å². The first-order chi connectivity index (χ1) is 9.61. The Morgan fingerprint density at radius 2 is 1.85 bits per heavy atom. The van der Waals surface area contributed by atoms with Crippen molar-refractivity contribution in [3.8, 4) is 0 Å². The minimum absolute atomic E-state index is 0.486. The molecule has 1 saturated carbocycles. The zero-order valence-corrected chi connectivity index (χ0v) is 14.9. The quantitative estimate of drug-likeness (QED) is 0.544. The molecule has 0 atom stereocenters. The number of aryl methyl sites for hydroxylation is 1. The Bertz CT molecular complexity index is 470. The lowest BCUT2D eigenvalue weighted by Gasteiger charge is -2.37. The molecule has 0 amide bonds. The summed E-state index contributed by atoms with van der Waals surface area (Å²) in [6.45, 7) is 4.82.